The Morgan fingerprint density at radius 3 is 1.41 bits per heavy atom. The standard InChI is InChI=1S/C25H33ClO2S2.ClH.Tl/c1-15-11-17(24(3,4)5)21-19(13-15)29-9-10-30-20-14-16(2)12-18(25(6,7)8)22(20)28-23(26)27-21;;/h11-14,23H,9-10H2,1-8H3;1H;/q;;+1/p-1. The van der Waals surface area contributed by atoms with Gasteiger partial charge in [0, 0.05) is 22.6 Å². The molecule has 0 saturated carbocycles. The summed E-state index contributed by atoms with van der Waals surface area (Å²) in [5, 5.41) is 0. The van der Waals surface area contributed by atoms with Crippen molar-refractivity contribution in [2.45, 2.75) is 81.8 Å². The second-order valence-electron chi connectivity index (χ2n) is 9.99. The molecule has 1 heterocycles. The summed E-state index contributed by atoms with van der Waals surface area (Å²) in [6.07, 6.45) is 0. The molecule has 0 saturated heterocycles. The van der Waals surface area contributed by atoms with Gasteiger partial charge in [-0.3, -0.25) is 0 Å². The van der Waals surface area contributed by atoms with Crippen molar-refractivity contribution in [1.29, 1.82) is 0 Å². The first-order valence-electron chi connectivity index (χ1n) is 10.6. The predicted molar refractivity (Wildman–Crippen MR) is 144 cm³/mol. The number of fused-ring (bicyclic) bond motifs is 2. The maximum absolute atomic E-state index is 6.69. The third-order valence-corrected chi connectivity index (χ3v) is 7.52. The van der Waals surface area contributed by atoms with Gasteiger partial charge in [0.15, 0.2) is 0 Å². The van der Waals surface area contributed by atoms with Gasteiger partial charge in [-0.05, 0) is 59.5 Å². The number of rotatable bonds is 0. The summed E-state index contributed by atoms with van der Waals surface area (Å²) in [6, 6.07) is 8.79. The Kier molecular flexibility index (Phi) is 10.5. The van der Waals surface area contributed by atoms with Gasteiger partial charge in [-0.25, -0.2) is 0 Å². The molecular formula is C25H33Cl2O2S2Tl. The fraction of sp³-hybridized carbons (Fsp3) is 0.520. The Bertz CT molecular complexity index is 862. The van der Waals surface area contributed by atoms with Crippen molar-refractivity contribution in [3.63, 3.8) is 0 Å². The molecular weight excluding hydrogens is 672 g/mol. The zero-order valence-corrected chi connectivity index (χ0v) is 27.9. The van der Waals surface area contributed by atoms with Gasteiger partial charge < -0.3 is 9.47 Å². The van der Waals surface area contributed by atoms with Gasteiger partial charge in [0.05, 0.1) is 9.79 Å². The Hall–Kier alpha value is 0.242. The Morgan fingerprint density at radius 1 is 0.750 bits per heavy atom. The fourth-order valence-corrected chi connectivity index (χ4v) is 5.97. The molecule has 0 amide bonds. The van der Waals surface area contributed by atoms with Crippen LogP contribution in [0.1, 0.15) is 63.8 Å². The van der Waals surface area contributed by atoms with Crippen molar-refractivity contribution in [2.24, 2.45) is 0 Å². The number of hydrogen-bond acceptors (Lipinski definition) is 4. The van der Waals surface area contributed by atoms with Crippen molar-refractivity contribution in [2.75, 3.05) is 11.5 Å². The monoisotopic (exact) mass is 704 g/mol. The molecule has 2 aromatic rings. The van der Waals surface area contributed by atoms with E-state index in [1.165, 1.54) is 11.1 Å². The van der Waals surface area contributed by atoms with Crippen molar-refractivity contribution in [1.82, 2.24) is 0 Å². The molecule has 0 aliphatic carbocycles. The van der Waals surface area contributed by atoms with Crippen LogP contribution in [0.3, 0.4) is 0 Å². The van der Waals surface area contributed by atoms with E-state index >= 15 is 0 Å². The van der Waals surface area contributed by atoms with Gasteiger partial charge >= 0.3 is 38.6 Å². The van der Waals surface area contributed by atoms with E-state index in [0.717, 1.165) is 43.9 Å². The maximum atomic E-state index is 6.69. The van der Waals surface area contributed by atoms with Crippen LogP contribution in [0, 0.1) is 13.8 Å². The summed E-state index contributed by atoms with van der Waals surface area (Å²) < 4.78 is 12.6. The van der Waals surface area contributed by atoms with E-state index in [-0.39, 0.29) is 10.8 Å². The molecule has 0 N–H and O–H groups in total. The normalized spacial score (nSPS) is 15.2. The molecule has 0 unspecified atom stereocenters. The fourth-order valence-electron chi connectivity index (χ4n) is 3.56. The van der Waals surface area contributed by atoms with Crippen molar-refractivity contribution in [3.8, 4) is 11.5 Å². The summed E-state index contributed by atoms with van der Waals surface area (Å²) in [4.78, 5) is 2.26. The van der Waals surface area contributed by atoms with Gasteiger partial charge in [0.1, 0.15) is 11.5 Å². The zero-order valence-electron chi connectivity index (χ0n) is 20.3. The molecule has 0 radical (unpaired) electrons. The molecule has 174 valence electrons. The van der Waals surface area contributed by atoms with Gasteiger partial charge in [-0.15, -0.1) is 23.5 Å². The van der Waals surface area contributed by atoms with Crippen LogP contribution < -0.4 is 9.47 Å². The topological polar surface area (TPSA) is 18.5 Å². The second-order valence-corrected chi connectivity index (χ2v) is 12.6. The van der Waals surface area contributed by atoms with Crippen molar-refractivity contribution in [3.05, 3.63) is 46.5 Å². The van der Waals surface area contributed by atoms with Crippen LogP contribution in [0.15, 0.2) is 34.1 Å². The van der Waals surface area contributed by atoms with Crippen molar-refractivity contribution >= 4 is 68.0 Å². The molecule has 2 aromatic carbocycles. The summed E-state index contributed by atoms with van der Waals surface area (Å²) in [5.74, 6) is 2.75. The SMILES string of the molecule is Cc1cc2c(c(C(C)(C)C)c1)OC(Cl)Oc1c(cc(C)cc1C(C)(C)C)SCCS2.[Cl][Tl]. The summed E-state index contributed by atoms with van der Waals surface area (Å²) in [7, 11) is 4.81. The molecule has 0 atom stereocenters. The van der Waals surface area contributed by atoms with Crippen LogP contribution in [0.2, 0.25) is 0 Å². The molecule has 1 aliphatic rings. The minimum atomic E-state index is -0.908. The Labute approximate surface area is 227 Å². The average molecular weight is 705 g/mol. The number of benzene rings is 2. The number of ether oxygens (including phenoxy) is 2. The molecule has 0 bridgehead atoms. The van der Waals surface area contributed by atoms with Crippen molar-refractivity contribution < 1.29 is 9.47 Å². The molecule has 1 aliphatic heterocycles. The number of halogens is 2. The quantitative estimate of drug-likeness (QED) is 0.203. The first-order valence-corrected chi connectivity index (χ1v) is 18.5. The Morgan fingerprint density at radius 2 is 1.09 bits per heavy atom. The number of alkyl halides is 1. The molecule has 0 fully saturated rings. The van der Waals surface area contributed by atoms with Crippen LogP contribution >= 0.6 is 43.4 Å². The van der Waals surface area contributed by atoms with Crippen LogP contribution in [0.5, 0.6) is 11.5 Å². The predicted octanol–water partition coefficient (Wildman–Crippen LogP) is 8.39. The van der Waals surface area contributed by atoms with E-state index in [9.17, 15) is 0 Å². The molecule has 3 rings (SSSR count). The molecule has 7 heteroatoms. The third kappa shape index (κ3) is 7.37. The van der Waals surface area contributed by atoms with Crippen LogP contribution in [-0.2, 0) is 10.8 Å². The molecule has 2 nitrogen and oxygen atoms in total. The minimum absolute atomic E-state index is 0.0617. The van der Waals surface area contributed by atoms with Crippen LogP contribution in [-0.4, -0.2) is 41.8 Å². The van der Waals surface area contributed by atoms with Gasteiger partial charge in [-0.1, -0.05) is 53.7 Å². The zero-order chi connectivity index (χ0) is 24.3. The van der Waals surface area contributed by atoms with Gasteiger partial charge in [0.25, 0.3) is 0 Å². The molecule has 0 spiro atoms. The van der Waals surface area contributed by atoms with E-state index in [4.69, 9.17) is 29.4 Å². The van der Waals surface area contributed by atoms with E-state index in [2.05, 4.69) is 79.7 Å². The van der Waals surface area contributed by atoms with E-state index in [1.54, 1.807) is 0 Å². The van der Waals surface area contributed by atoms with Gasteiger partial charge in [0.2, 0.25) is 0 Å². The average Bonchev–Trinajstić information content (AvgIpc) is 2.70. The first-order chi connectivity index (χ1) is 14.9. The summed E-state index contributed by atoms with van der Waals surface area (Å²) in [5.41, 5.74) is 4.66. The summed E-state index contributed by atoms with van der Waals surface area (Å²) >= 11 is 11.0. The molecule has 0 aromatic heterocycles. The van der Waals surface area contributed by atoms with Gasteiger partial charge in [-0.2, -0.15) is 0 Å². The van der Waals surface area contributed by atoms with Crippen LogP contribution in [0.25, 0.3) is 0 Å². The van der Waals surface area contributed by atoms with E-state index in [0.29, 0.717) is 24.5 Å². The number of thioether (sulfide) groups is 2. The Balaban J connectivity index is 0.00000176. The molecule has 32 heavy (non-hydrogen) atoms. The van der Waals surface area contributed by atoms with E-state index < -0.39 is 5.75 Å². The van der Waals surface area contributed by atoms with E-state index in [1.807, 2.05) is 23.5 Å². The second kappa shape index (κ2) is 11.8. The van der Waals surface area contributed by atoms with Crippen LogP contribution in [0.4, 0.5) is 0 Å². The summed E-state index contributed by atoms with van der Waals surface area (Å²) in [6.45, 7) is 17.5. The third-order valence-electron chi connectivity index (χ3n) is 5.03. The number of aryl methyl sites for hydroxylation is 2. The first kappa shape index (κ1) is 28.5. The number of hydrogen-bond donors (Lipinski definition) is 0.